The van der Waals surface area contributed by atoms with Crippen molar-refractivity contribution in [3.63, 3.8) is 0 Å². The molecule has 0 aromatic heterocycles. The minimum absolute atomic E-state index is 0.289. The highest BCUT2D eigenvalue weighted by Crippen LogP contribution is 2.28. The molecule has 0 spiro atoms. The first kappa shape index (κ1) is 12.9. The van der Waals surface area contributed by atoms with Crippen molar-refractivity contribution in [3.8, 4) is 0 Å². The smallest absolute Gasteiger partial charge is 0.0390 e. The molecule has 16 heavy (non-hydrogen) atoms. The molecule has 2 nitrogen and oxygen atoms in total. The third kappa shape index (κ3) is 2.91. The Hall–Kier alpha value is -1.18. The highest BCUT2D eigenvalue weighted by atomic mass is 14.9. The van der Waals surface area contributed by atoms with E-state index in [1.807, 2.05) is 12.1 Å². The van der Waals surface area contributed by atoms with E-state index in [0.29, 0.717) is 5.92 Å². The molecule has 3 N–H and O–H groups in total. The van der Waals surface area contributed by atoms with Crippen LogP contribution in [-0.2, 0) is 0 Å². The number of nitrogens with one attached hydrogen (secondary N) is 1. The van der Waals surface area contributed by atoms with E-state index in [2.05, 4.69) is 46.0 Å². The first-order valence-electron chi connectivity index (χ1n) is 5.93. The van der Waals surface area contributed by atoms with Crippen LogP contribution in [0.4, 0.5) is 11.4 Å². The zero-order valence-electron chi connectivity index (χ0n) is 11.1. The van der Waals surface area contributed by atoms with Crippen LogP contribution >= 0.6 is 0 Å². The minimum Gasteiger partial charge on any atom is -0.398 e. The van der Waals surface area contributed by atoms with Crippen LogP contribution < -0.4 is 11.1 Å². The predicted molar refractivity (Wildman–Crippen MR) is 72.7 cm³/mol. The third-order valence-corrected chi connectivity index (χ3v) is 3.67. The second kappa shape index (κ2) is 4.77. The van der Waals surface area contributed by atoms with Gasteiger partial charge in [0.2, 0.25) is 0 Å². The summed E-state index contributed by atoms with van der Waals surface area (Å²) in [4.78, 5) is 0. The molecule has 0 saturated carbocycles. The van der Waals surface area contributed by atoms with Gasteiger partial charge < -0.3 is 11.1 Å². The van der Waals surface area contributed by atoms with Gasteiger partial charge in [0.15, 0.2) is 0 Å². The lowest BCUT2D eigenvalue weighted by Gasteiger charge is -2.30. The molecule has 0 aliphatic rings. The second-order valence-electron chi connectivity index (χ2n) is 5.52. The summed E-state index contributed by atoms with van der Waals surface area (Å²) in [6.07, 6.45) is 0. The Morgan fingerprint density at radius 3 is 2.50 bits per heavy atom. The SMILES string of the molecule is Cc1c(N)cccc1NCC(C)(C)C(C)C. The average molecular weight is 220 g/mol. The molecule has 0 radical (unpaired) electrons. The molecule has 1 aromatic rings. The van der Waals surface area contributed by atoms with Crippen LogP contribution in [0.1, 0.15) is 33.3 Å². The monoisotopic (exact) mass is 220 g/mol. The van der Waals surface area contributed by atoms with Gasteiger partial charge in [0.1, 0.15) is 0 Å². The number of nitrogen functional groups attached to an aromatic ring is 1. The molecular formula is C14H24N2. The fourth-order valence-electron chi connectivity index (χ4n) is 1.37. The van der Waals surface area contributed by atoms with E-state index in [9.17, 15) is 0 Å². The first-order chi connectivity index (χ1) is 7.34. The van der Waals surface area contributed by atoms with Crippen LogP contribution in [0.3, 0.4) is 0 Å². The standard InChI is InChI=1S/C14H24N2/c1-10(2)14(4,5)9-16-13-8-6-7-12(15)11(13)3/h6-8,10,16H,9,15H2,1-5H3. The van der Waals surface area contributed by atoms with E-state index in [0.717, 1.165) is 23.5 Å². The van der Waals surface area contributed by atoms with E-state index in [1.165, 1.54) is 0 Å². The zero-order valence-corrected chi connectivity index (χ0v) is 11.1. The molecule has 0 aliphatic carbocycles. The van der Waals surface area contributed by atoms with E-state index in [-0.39, 0.29) is 5.41 Å². The number of anilines is 2. The van der Waals surface area contributed by atoms with Crippen molar-refractivity contribution < 1.29 is 0 Å². The molecular weight excluding hydrogens is 196 g/mol. The molecule has 0 fully saturated rings. The highest BCUT2D eigenvalue weighted by Gasteiger charge is 2.22. The molecule has 0 amide bonds. The second-order valence-corrected chi connectivity index (χ2v) is 5.52. The number of rotatable bonds is 4. The molecule has 0 aliphatic heterocycles. The van der Waals surface area contributed by atoms with Crippen LogP contribution in [0.2, 0.25) is 0 Å². The van der Waals surface area contributed by atoms with Crippen LogP contribution in [0.5, 0.6) is 0 Å². The highest BCUT2D eigenvalue weighted by molar-refractivity contribution is 5.62. The maximum Gasteiger partial charge on any atom is 0.0390 e. The van der Waals surface area contributed by atoms with E-state index >= 15 is 0 Å². The van der Waals surface area contributed by atoms with Gasteiger partial charge in [-0.25, -0.2) is 0 Å². The molecule has 90 valence electrons. The number of benzene rings is 1. The zero-order chi connectivity index (χ0) is 12.3. The van der Waals surface area contributed by atoms with Crippen LogP contribution in [0, 0.1) is 18.3 Å². The Balaban J connectivity index is 2.72. The lowest BCUT2D eigenvalue weighted by Crippen LogP contribution is -2.28. The lowest BCUT2D eigenvalue weighted by atomic mass is 9.81. The molecule has 1 aromatic carbocycles. The fraction of sp³-hybridized carbons (Fsp3) is 0.571. The quantitative estimate of drug-likeness (QED) is 0.760. The first-order valence-corrected chi connectivity index (χ1v) is 5.93. The summed E-state index contributed by atoms with van der Waals surface area (Å²) in [6.45, 7) is 12.1. The van der Waals surface area contributed by atoms with Gasteiger partial charge in [0, 0.05) is 17.9 Å². The van der Waals surface area contributed by atoms with E-state index < -0.39 is 0 Å². The van der Waals surface area contributed by atoms with Gasteiger partial charge >= 0.3 is 0 Å². The van der Waals surface area contributed by atoms with Gasteiger partial charge in [-0.2, -0.15) is 0 Å². The van der Waals surface area contributed by atoms with Crippen LogP contribution in [-0.4, -0.2) is 6.54 Å². The summed E-state index contributed by atoms with van der Waals surface area (Å²) >= 11 is 0. The molecule has 0 unspecified atom stereocenters. The van der Waals surface area contributed by atoms with Gasteiger partial charge in [0.05, 0.1) is 0 Å². The van der Waals surface area contributed by atoms with Gasteiger partial charge in [0.25, 0.3) is 0 Å². The van der Waals surface area contributed by atoms with Gasteiger partial charge in [-0.05, 0) is 36.0 Å². The summed E-state index contributed by atoms with van der Waals surface area (Å²) in [5.74, 6) is 0.654. The Labute approximate surface area is 99.2 Å². The summed E-state index contributed by atoms with van der Waals surface area (Å²) in [6, 6.07) is 6.02. The van der Waals surface area contributed by atoms with Crippen LogP contribution in [0.25, 0.3) is 0 Å². The number of hydrogen-bond donors (Lipinski definition) is 2. The van der Waals surface area contributed by atoms with Gasteiger partial charge in [-0.15, -0.1) is 0 Å². The lowest BCUT2D eigenvalue weighted by molar-refractivity contribution is 0.269. The van der Waals surface area contributed by atoms with Crippen molar-refractivity contribution in [1.29, 1.82) is 0 Å². The van der Waals surface area contributed by atoms with Crippen LogP contribution in [0.15, 0.2) is 18.2 Å². The van der Waals surface area contributed by atoms with Gasteiger partial charge in [-0.1, -0.05) is 33.8 Å². The molecule has 0 heterocycles. The summed E-state index contributed by atoms with van der Waals surface area (Å²) in [7, 11) is 0. The van der Waals surface area contributed by atoms with Crippen molar-refractivity contribution in [3.05, 3.63) is 23.8 Å². The Kier molecular flexibility index (Phi) is 3.84. The maximum atomic E-state index is 5.88. The predicted octanol–water partition coefficient (Wildman–Crippen LogP) is 3.67. The summed E-state index contributed by atoms with van der Waals surface area (Å²) in [5.41, 5.74) is 9.31. The molecule has 2 heteroatoms. The van der Waals surface area contributed by atoms with Crippen molar-refractivity contribution in [2.24, 2.45) is 11.3 Å². The Morgan fingerprint density at radius 2 is 1.94 bits per heavy atom. The Bertz CT molecular complexity index is 354. The van der Waals surface area contributed by atoms with Crippen molar-refractivity contribution in [2.45, 2.75) is 34.6 Å². The largest absolute Gasteiger partial charge is 0.398 e. The van der Waals surface area contributed by atoms with Crippen molar-refractivity contribution >= 4 is 11.4 Å². The molecule has 0 atom stereocenters. The molecule has 1 rings (SSSR count). The van der Waals surface area contributed by atoms with E-state index in [1.54, 1.807) is 0 Å². The maximum absolute atomic E-state index is 5.88. The third-order valence-electron chi connectivity index (χ3n) is 3.67. The Morgan fingerprint density at radius 1 is 1.31 bits per heavy atom. The minimum atomic E-state index is 0.289. The summed E-state index contributed by atoms with van der Waals surface area (Å²) in [5, 5.41) is 3.50. The molecule has 0 bridgehead atoms. The number of hydrogen-bond acceptors (Lipinski definition) is 2. The van der Waals surface area contributed by atoms with Crippen molar-refractivity contribution in [2.75, 3.05) is 17.6 Å². The fourth-order valence-corrected chi connectivity index (χ4v) is 1.37. The topological polar surface area (TPSA) is 38.0 Å². The molecule has 0 saturated heterocycles. The normalized spacial score (nSPS) is 11.9. The summed E-state index contributed by atoms with van der Waals surface area (Å²) < 4.78 is 0. The van der Waals surface area contributed by atoms with E-state index in [4.69, 9.17) is 5.73 Å². The average Bonchev–Trinajstić information content (AvgIpc) is 2.20. The van der Waals surface area contributed by atoms with Crippen molar-refractivity contribution in [1.82, 2.24) is 0 Å². The van der Waals surface area contributed by atoms with Gasteiger partial charge in [-0.3, -0.25) is 0 Å². The number of nitrogens with two attached hydrogens (primary N) is 1.